The maximum Gasteiger partial charge on any atom is 0.341 e. The van der Waals surface area contributed by atoms with E-state index in [2.05, 4.69) is 5.32 Å². The fourth-order valence-electron chi connectivity index (χ4n) is 2.58. The molecular weight excluding hydrogens is 334 g/mol. The van der Waals surface area contributed by atoms with Gasteiger partial charge in [-0.25, -0.2) is 4.79 Å². The van der Waals surface area contributed by atoms with Crippen LogP contribution >= 0.6 is 11.3 Å². The number of nitrogens with one attached hydrogen (secondary N) is 1. The molecule has 0 spiro atoms. The van der Waals surface area contributed by atoms with E-state index in [-0.39, 0.29) is 5.91 Å². The first-order valence-electron chi connectivity index (χ1n) is 7.74. The summed E-state index contributed by atoms with van der Waals surface area (Å²) < 4.78 is 4.92. The molecule has 0 saturated heterocycles. The van der Waals surface area contributed by atoms with Crippen molar-refractivity contribution in [1.82, 2.24) is 0 Å². The molecule has 0 atom stereocenters. The molecule has 3 rings (SSSR count). The minimum absolute atomic E-state index is 0.246. The van der Waals surface area contributed by atoms with Gasteiger partial charge in [-0.05, 0) is 24.1 Å². The van der Waals surface area contributed by atoms with Crippen LogP contribution in [0.5, 0.6) is 0 Å². The summed E-state index contributed by atoms with van der Waals surface area (Å²) in [6.45, 7) is 1.87. The predicted octanol–water partition coefficient (Wildman–Crippen LogP) is 4.76. The highest BCUT2D eigenvalue weighted by Gasteiger charge is 2.22. The van der Waals surface area contributed by atoms with Crippen molar-refractivity contribution in [2.75, 3.05) is 12.4 Å². The van der Waals surface area contributed by atoms with Gasteiger partial charge in [-0.2, -0.15) is 0 Å². The van der Waals surface area contributed by atoms with Gasteiger partial charge in [-0.15, -0.1) is 11.3 Å². The van der Waals surface area contributed by atoms with Gasteiger partial charge in [-0.3, -0.25) is 4.79 Å². The first kappa shape index (κ1) is 16.9. The zero-order chi connectivity index (χ0) is 17.8. The predicted molar refractivity (Wildman–Crippen MR) is 100 cm³/mol. The second-order valence-corrected chi connectivity index (χ2v) is 6.36. The quantitative estimate of drug-likeness (QED) is 0.689. The van der Waals surface area contributed by atoms with Gasteiger partial charge in [0.1, 0.15) is 10.6 Å². The van der Waals surface area contributed by atoms with Crippen molar-refractivity contribution in [2.24, 2.45) is 0 Å². The molecule has 1 aromatic heterocycles. The van der Waals surface area contributed by atoms with Gasteiger partial charge < -0.3 is 10.1 Å². The minimum atomic E-state index is -0.472. The Morgan fingerprint density at radius 2 is 1.68 bits per heavy atom. The van der Waals surface area contributed by atoms with E-state index < -0.39 is 5.97 Å². The number of amides is 1. The Labute approximate surface area is 150 Å². The molecule has 0 radical (unpaired) electrons. The van der Waals surface area contributed by atoms with E-state index >= 15 is 0 Å². The van der Waals surface area contributed by atoms with E-state index in [1.807, 2.05) is 60.8 Å². The molecule has 126 valence electrons. The Morgan fingerprint density at radius 1 is 1.00 bits per heavy atom. The van der Waals surface area contributed by atoms with E-state index in [0.29, 0.717) is 16.1 Å². The van der Waals surface area contributed by atoms with Crippen LogP contribution < -0.4 is 5.32 Å². The van der Waals surface area contributed by atoms with Crippen molar-refractivity contribution in [1.29, 1.82) is 0 Å². The molecule has 0 aliphatic carbocycles. The van der Waals surface area contributed by atoms with Crippen LogP contribution in [0.25, 0.3) is 11.1 Å². The van der Waals surface area contributed by atoms with Gasteiger partial charge in [-0.1, -0.05) is 48.5 Å². The standard InChI is InChI=1S/C20H17NO3S/c1-13-8-6-7-11-15(13)18(22)21-19-17(20(23)24-2)16(12-25-19)14-9-4-3-5-10-14/h3-12H,1-2H3,(H,21,22). The summed E-state index contributed by atoms with van der Waals surface area (Å²) in [5.74, 6) is -0.718. The lowest BCUT2D eigenvalue weighted by molar-refractivity contribution is 0.0603. The van der Waals surface area contributed by atoms with Crippen molar-refractivity contribution in [2.45, 2.75) is 6.92 Å². The number of carbonyl (C=O) groups excluding carboxylic acids is 2. The highest BCUT2D eigenvalue weighted by atomic mass is 32.1. The third kappa shape index (κ3) is 3.46. The Bertz CT molecular complexity index is 916. The van der Waals surface area contributed by atoms with E-state index in [9.17, 15) is 9.59 Å². The third-order valence-electron chi connectivity index (χ3n) is 3.88. The summed E-state index contributed by atoms with van der Waals surface area (Å²) in [7, 11) is 1.34. The largest absolute Gasteiger partial charge is 0.465 e. The molecule has 0 aliphatic rings. The molecule has 5 heteroatoms. The molecule has 1 N–H and O–H groups in total. The van der Waals surface area contributed by atoms with Crippen molar-refractivity contribution < 1.29 is 14.3 Å². The summed E-state index contributed by atoms with van der Waals surface area (Å²) >= 11 is 1.31. The summed E-state index contributed by atoms with van der Waals surface area (Å²) in [6, 6.07) is 16.9. The molecule has 0 saturated carbocycles. The van der Waals surface area contributed by atoms with Crippen LogP contribution in [0.2, 0.25) is 0 Å². The van der Waals surface area contributed by atoms with E-state index in [1.165, 1.54) is 18.4 Å². The molecule has 2 aromatic carbocycles. The van der Waals surface area contributed by atoms with Crippen LogP contribution in [0, 0.1) is 6.92 Å². The third-order valence-corrected chi connectivity index (χ3v) is 4.78. The number of benzene rings is 2. The van der Waals surface area contributed by atoms with Crippen molar-refractivity contribution in [3.8, 4) is 11.1 Å². The number of aryl methyl sites for hydroxylation is 1. The topological polar surface area (TPSA) is 55.4 Å². The first-order valence-corrected chi connectivity index (χ1v) is 8.62. The van der Waals surface area contributed by atoms with Gasteiger partial charge in [0, 0.05) is 16.5 Å². The van der Waals surface area contributed by atoms with Gasteiger partial charge in [0.2, 0.25) is 0 Å². The number of hydrogen-bond acceptors (Lipinski definition) is 4. The molecule has 0 aliphatic heterocycles. The average molecular weight is 351 g/mol. The van der Waals surface area contributed by atoms with Crippen molar-refractivity contribution in [3.05, 3.63) is 76.7 Å². The molecule has 25 heavy (non-hydrogen) atoms. The molecule has 0 unspecified atom stereocenters. The number of methoxy groups -OCH3 is 1. The van der Waals surface area contributed by atoms with Crippen LogP contribution in [-0.2, 0) is 4.74 Å². The average Bonchev–Trinajstić information content (AvgIpc) is 3.05. The maximum absolute atomic E-state index is 12.6. The summed E-state index contributed by atoms with van der Waals surface area (Å²) in [5.41, 5.74) is 3.47. The summed E-state index contributed by atoms with van der Waals surface area (Å²) in [5, 5.41) is 5.19. The maximum atomic E-state index is 12.6. The second-order valence-electron chi connectivity index (χ2n) is 5.48. The lowest BCUT2D eigenvalue weighted by atomic mass is 10.0. The Kier molecular flexibility index (Phi) is 4.95. The van der Waals surface area contributed by atoms with E-state index in [0.717, 1.165) is 16.7 Å². The number of thiophene rings is 1. The van der Waals surface area contributed by atoms with Crippen molar-refractivity contribution in [3.63, 3.8) is 0 Å². The zero-order valence-electron chi connectivity index (χ0n) is 13.9. The van der Waals surface area contributed by atoms with E-state index in [1.54, 1.807) is 6.07 Å². The fourth-order valence-corrected chi connectivity index (χ4v) is 3.54. The van der Waals surface area contributed by atoms with Crippen LogP contribution in [0.4, 0.5) is 5.00 Å². The fraction of sp³-hybridized carbons (Fsp3) is 0.100. The van der Waals surface area contributed by atoms with Gasteiger partial charge in [0.05, 0.1) is 7.11 Å². The number of carbonyl (C=O) groups is 2. The SMILES string of the molecule is COC(=O)c1c(-c2ccccc2)csc1NC(=O)c1ccccc1C. The number of ether oxygens (including phenoxy) is 1. The molecule has 0 bridgehead atoms. The van der Waals surface area contributed by atoms with Crippen molar-refractivity contribution >= 4 is 28.2 Å². The molecule has 1 amide bonds. The van der Waals surface area contributed by atoms with E-state index in [4.69, 9.17) is 4.74 Å². The number of hydrogen-bond donors (Lipinski definition) is 1. The normalized spacial score (nSPS) is 10.3. The Balaban J connectivity index is 2.00. The number of anilines is 1. The zero-order valence-corrected chi connectivity index (χ0v) is 14.7. The van der Waals surface area contributed by atoms with Crippen LogP contribution in [-0.4, -0.2) is 19.0 Å². The monoisotopic (exact) mass is 351 g/mol. The Morgan fingerprint density at radius 3 is 2.36 bits per heavy atom. The highest BCUT2D eigenvalue weighted by molar-refractivity contribution is 7.15. The number of rotatable bonds is 4. The Hall–Kier alpha value is -2.92. The van der Waals surface area contributed by atoms with Gasteiger partial charge >= 0.3 is 5.97 Å². The summed E-state index contributed by atoms with van der Waals surface area (Å²) in [6.07, 6.45) is 0. The van der Waals surface area contributed by atoms with Gasteiger partial charge in [0.25, 0.3) is 5.91 Å². The second kappa shape index (κ2) is 7.32. The minimum Gasteiger partial charge on any atom is -0.465 e. The van der Waals surface area contributed by atoms with Crippen LogP contribution in [0.15, 0.2) is 60.0 Å². The molecule has 1 heterocycles. The first-order chi connectivity index (χ1) is 12.1. The lowest BCUT2D eigenvalue weighted by Crippen LogP contribution is -2.15. The van der Waals surface area contributed by atoms with Crippen LogP contribution in [0.1, 0.15) is 26.3 Å². The lowest BCUT2D eigenvalue weighted by Gasteiger charge is -2.09. The summed E-state index contributed by atoms with van der Waals surface area (Å²) in [4.78, 5) is 24.9. The molecule has 3 aromatic rings. The van der Waals surface area contributed by atoms with Gasteiger partial charge in [0.15, 0.2) is 0 Å². The molecule has 4 nitrogen and oxygen atoms in total. The number of esters is 1. The highest BCUT2D eigenvalue weighted by Crippen LogP contribution is 2.36. The van der Waals surface area contributed by atoms with Crippen LogP contribution in [0.3, 0.4) is 0 Å². The smallest absolute Gasteiger partial charge is 0.341 e. The molecule has 0 fully saturated rings. The molecular formula is C20H17NO3S.